The Bertz CT molecular complexity index is 537. The van der Waals surface area contributed by atoms with Crippen LogP contribution < -0.4 is 0 Å². The second kappa shape index (κ2) is 5.39. The van der Waals surface area contributed by atoms with Gasteiger partial charge in [0.05, 0.1) is 0 Å². The average molecular weight is 263 g/mol. The Kier molecular flexibility index (Phi) is 3.87. The molecule has 0 aliphatic rings. The number of hydrogen-bond donors (Lipinski definition) is 0. The van der Waals surface area contributed by atoms with Crippen LogP contribution in [0, 0.1) is 6.92 Å². The lowest BCUT2D eigenvalue weighted by molar-refractivity contribution is 0.108. The number of carbonyl (C=O) groups excluding carboxylic acids is 1. The number of halogens is 1. The Labute approximate surface area is 110 Å². The van der Waals surface area contributed by atoms with E-state index in [9.17, 15) is 4.79 Å². The molecule has 0 saturated heterocycles. The quantitative estimate of drug-likeness (QED) is 0.737. The summed E-state index contributed by atoms with van der Waals surface area (Å²) in [6, 6.07) is 14.9. The molecule has 2 aromatic rings. The van der Waals surface area contributed by atoms with Crippen LogP contribution >= 0.6 is 23.4 Å². The average Bonchev–Trinajstić information content (AvgIpc) is 2.35. The molecule has 0 bridgehead atoms. The molecule has 0 unspecified atom stereocenters. The van der Waals surface area contributed by atoms with Gasteiger partial charge < -0.3 is 0 Å². The minimum absolute atomic E-state index is 0.0484. The first-order valence-corrected chi connectivity index (χ1v) is 6.39. The van der Waals surface area contributed by atoms with E-state index >= 15 is 0 Å². The number of aryl methyl sites for hydroxylation is 1. The number of carbonyl (C=O) groups is 1. The molecular formula is C14H11ClOS. The second-order valence-electron chi connectivity index (χ2n) is 3.67. The summed E-state index contributed by atoms with van der Waals surface area (Å²) in [6.07, 6.45) is 0. The van der Waals surface area contributed by atoms with E-state index in [0.29, 0.717) is 5.56 Å². The predicted octanol–water partition coefficient (Wildman–Crippen LogP) is 4.58. The van der Waals surface area contributed by atoms with Gasteiger partial charge in [0.15, 0.2) is 0 Å². The third kappa shape index (κ3) is 3.11. The van der Waals surface area contributed by atoms with Gasteiger partial charge in [0.1, 0.15) is 0 Å². The van der Waals surface area contributed by atoms with Crippen molar-refractivity contribution in [2.75, 3.05) is 0 Å². The molecule has 0 fully saturated rings. The van der Waals surface area contributed by atoms with Crippen molar-refractivity contribution < 1.29 is 4.79 Å². The van der Waals surface area contributed by atoms with Gasteiger partial charge >= 0.3 is 0 Å². The fraction of sp³-hybridized carbons (Fsp3) is 0.0714. The maximum absolute atomic E-state index is 11.9. The van der Waals surface area contributed by atoms with Gasteiger partial charge in [0.25, 0.3) is 0 Å². The van der Waals surface area contributed by atoms with E-state index in [4.69, 9.17) is 11.6 Å². The topological polar surface area (TPSA) is 17.1 Å². The standard InChI is InChI=1S/C14H11ClOS/c1-10-9-12(7-8-13(10)15)17-14(16)11-5-3-2-4-6-11/h2-9H,1H3. The van der Waals surface area contributed by atoms with Crippen LogP contribution in [-0.4, -0.2) is 5.12 Å². The molecule has 0 aromatic heterocycles. The van der Waals surface area contributed by atoms with Gasteiger partial charge in [-0.1, -0.05) is 41.9 Å². The number of rotatable bonds is 2. The normalized spacial score (nSPS) is 10.2. The van der Waals surface area contributed by atoms with Gasteiger partial charge in [-0.2, -0.15) is 0 Å². The molecule has 0 aliphatic heterocycles. The first-order valence-electron chi connectivity index (χ1n) is 5.20. The van der Waals surface area contributed by atoms with E-state index in [2.05, 4.69) is 0 Å². The largest absolute Gasteiger partial charge is 0.281 e. The van der Waals surface area contributed by atoms with Gasteiger partial charge in [-0.05, 0) is 42.4 Å². The summed E-state index contributed by atoms with van der Waals surface area (Å²) in [5, 5.41) is 0.772. The zero-order chi connectivity index (χ0) is 12.3. The zero-order valence-electron chi connectivity index (χ0n) is 9.31. The van der Waals surface area contributed by atoms with Crippen LogP contribution in [0.3, 0.4) is 0 Å². The maximum Gasteiger partial charge on any atom is 0.224 e. The van der Waals surface area contributed by atoms with Gasteiger partial charge in [0.2, 0.25) is 5.12 Å². The molecular weight excluding hydrogens is 252 g/mol. The molecule has 2 aromatic carbocycles. The fourth-order valence-corrected chi connectivity index (χ4v) is 2.38. The van der Waals surface area contributed by atoms with Gasteiger partial charge in [0, 0.05) is 15.5 Å². The van der Waals surface area contributed by atoms with Crippen molar-refractivity contribution in [3.63, 3.8) is 0 Å². The Hall–Kier alpha value is -1.25. The molecule has 0 aliphatic carbocycles. The summed E-state index contributed by atoms with van der Waals surface area (Å²) in [5.41, 5.74) is 1.70. The van der Waals surface area contributed by atoms with Crippen molar-refractivity contribution in [1.29, 1.82) is 0 Å². The van der Waals surface area contributed by atoms with Crippen molar-refractivity contribution in [3.8, 4) is 0 Å². The molecule has 0 heterocycles. The summed E-state index contributed by atoms with van der Waals surface area (Å²) in [6.45, 7) is 1.93. The van der Waals surface area contributed by atoms with Crippen molar-refractivity contribution >= 4 is 28.5 Å². The van der Waals surface area contributed by atoms with Crippen LogP contribution in [0.15, 0.2) is 53.4 Å². The number of thioether (sulfide) groups is 1. The summed E-state index contributed by atoms with van der Waals surface area (Å²) in [7, 11) is 0. The lowest BCUT2D eigenvalue weighted by Crippen LogP contribution is -1.92. The molecule has 3 heteroatoms. The van der Waals surface area contributed by atoms with Crippen molar-refractivity contribution in [1.82, 2.24) is 0 Å². The van der Waals surface area contributed by atoms with Crippen molar-refractivity contribution in [2.24, 2.45) is 0 Å². The minimum Gasteiger partial charge on any atom is -0.281 e. The summed E-state index contributed by atoms with van der Waals surface area (Å²) >= 11 is 7.16. The molecule has 0 atom stereocenters. The van der Waals surface area contributed by atoms with E-state index in [-0.39, 0.29) is 5.12 Å². The van der Waals surface area contributed by atoms with Gasteiger partial charge in [-0.25, -0.2) is 0 Å². The van der Waals surface area contributed by atoms with E-state index < -0.39 is 0 Å². The predicted molar refractivity (Wildman–Crippen MR) is 72.8 cm³/mol. The smallest absolute Gasteiger partial charge is 0.224 e. The van der Waals surface area contributed by atoms with E-state index in [1.54, 1.807) is 0 Å². The highest BCUT2D eigenvalue weighted by molar-refractivity contribution is 8.14. The zero-order valence-corrected chi connectivity index (χ0v) is 10.9. The minimum atomic E-state index is 0.0484. The van der Waals surface area contributed by atoms with E-state index in [0.717, 1.165) is 15.5 Å². The molecule has 0 amide bonds. The Morgan fingerprint density at radius 3 is 2.47 bits per heavy atom. The molecule has 0 saturated carbocycles. The Morgan fingerprint density at radius 1 is 1.12 bits per heavy atom. The Morgan fingerprint density at radius 2 is 1.82 bits per heavy atom. The third-order valence-electron chi connectivity index (χ3n) is 2.35. The van der Waals surface area contributed by atoms with E-state index in [1.807, 2.05) is 55.5 Å². The van der Waals surface area contributed by atoms with Crippen LogP contribution in [0.2, 0.25) is 5.02 Å². The number of hydrogen-bond acceptors (Lipinski definition) is 2. The first-order chi connectivity index (χ1) is 8.16. The highest BCUT2D eigenvalue weighted by Crippen LogP contribution is 2.26. The van der Waals surface area contributed by atoms with Crippen molar-refractivity contribution in [3.05, 3.63) is 64.7 Å². The SMILES string of the molecule is Cc1cc(SC(=O)c2ccccc2)ccc1Cl. The fourth-order valence-electron chi connectivity index (χ4n) is 1.42. The molecule has 0 spiro atoms. The molecule has 86 valence electrons. The van der Waals surface area contributed by atoms with Crippen molar-refractivity contribution in [2.45, 2.75) is 11.8 Å². The van der Waals surface area contributed by atoms with Crippen LogP contribution in [0.4, 0.5) is 0 Å². The molecule has 17 heavy (non-hydrogen) atoms. The highest BCUT2D eigenvalue weighted by Gasteiger charge is 2.08. The van der Waals surface area contributed by atoms with Crippen LogP contribution in [0.5, 0.6) is 0 Å². The summed E-state index contributed by atoms with van der Waals surface area (Å²) in [4.78, 5) is 12.9. The van der Waals surface area contributed by atoms with Gasteiger partial charge in [-0.3, -0.25) is 4.79 Å². The highest BCUT2D eigenvalue weighted by atomic mass is 35.5. The molecule has 0 N–H and O–H groups in total. The Balaban J connectivity index is 2.16. The first kappa shape index (κ1) is 12.2. The summed E-state index contributed by atoms with van der Waals surface area (Å²) < 4.78 is 0. The molecule has 2 rings (SSSR count). The molecule has 0 radical (unpaired) electrons. The maximum atomic E-state index is 11.9. The second-order valence-corrected chi connectivity index (χ2v) is 5.12. The van der Waals surface area contributed by atoms with E-state index in [1.165, 1.54) is 11.8 Å². The van der Waals surface area contributed by atoms with Crippen LogP contribution in [0.1, 0.15) is 15.9 Å². The molecule has 1 nitrogen and oxygen atoms in total. The monoisotopic (exact) mass is 262 g/mol. The third-order valence-corrected chi connectivity index (χ3v) is 3.68. The van der Waals surface area contributed by atoms with Crippen LogP contribution in [0.25, 0.3) is 0 Å². The lowest BCUT2D eigenvalue weighted by atomic mass is 10.2. The lowest BCUT2D eigenvalue weighted by Gasteiger charge is -2.03. The summed E-state index contributed by atoms with van der Waals surface area (Å²) in [5.74, 6) is 0. The number of benzene rings is 2. The van der Waals surface area contributed by atoms with Crippen LogP contribution in [-0.2, 0) is 0 Å². The van der Waals surface area contributed by atoms with Gasteiger partial charge in [-0.15, -0.1) is 0 Å².